The molecule has 1 aliphatic heterocycles. The Kier molecular flexibility index (Phi) is 5.03. The molecule has 2 nitrogen and oxygen atoms in total. The number of nitrogens with zero attached hydrogens (tertiary/aromatic N) is 1. The summed E-state index contributed by atoms with van der Waals surface area (Å²) in [5, 5.41) is 5.84. The molecular weight excluding hydrogens is 296 g/mol. The molecule has 0 saturated carbocycles. The van der Waals surface area contributed by atoms with Gasteiger partial charge >= 0.3 is 0 Å². The second-order valence-corrected chi connectivity index (χ2v) is 7.37. The van der Waals surface area contributed by atoms with Gasteiger partial charge in [-0.2, -0.15) is 0 Å². The molecular formula is C13H21BrN2S. The van der Waals surface area contributed by atoms with Gasteiger partial charge in [0.1, 0.15) is 0 Å². The molecule has 1 aromatic rings. The lowest BCUT2D eigenvalue weighted by Crippen LogP contribution is -2.40. The van der Waals surface area contributed by atoms with Crippen molar-refractivity contribution >= 4 is 27.3 Å². The van der Waals surface area contributed by atoms with Gasteiger partial charge in [0.05, 0.1) is 3.79 Å². The highest BCUT2D eigenvalue weighted by Gasteiger charge is 2.19. The fourth-order valence-corrected chi connectivity index (χ4v) is 3.52. The molecule has 0 spiro atoms. The van der Waals surface area contributed by atoms with E-state index in [-0.39, 0.29) is 0 Å². The van der Waals surface area contributed by atoms with E-state index >= 15 is 0 Å². The fourth-order valence-electron chi connectivity index (χ4n) is 2.32. The molecule has 0 bridgehead atoms. The lowest BCUT2D eigenvalue weighted by Gasteiger charge is -2.29. The Balaban J connectivity index is 1.92. The molecule has 2 heterocycles. The Morgan fingerprint density at radius 1 is 1.59 bits per heavy atom. The minimum Gasteiger partial charge on any atom is -0.313 e. The molecule has 1 fully saturated rings. The number of hydrogen-bond acceptors (Lipinski definition) is 3. The van der Waals surface area contributed by atoms with Crippen molar-refractivity contribution in [3.05, 3.63) is 20.8 Å². The highest BCUT2D eigenvalue weighted by Crippen LogP contribution is 2.22. The lowest BCUT2D eigenvalue weighted by molar-refractivity contribution is 0.194. The highest BCUT2D eigenvalue weighted by atomic mass is 79.9. The fraction of sp³-hybridized carbons (Fsp3) is 0.692. The van der Waals surface area contributed by atoms with E-state index in [1.807, 2.05) is 0 Å². The molecule has 1 N–H and O–H groups in total. The molecule has 1 aliphatic rings. The Hall–Kier alpha value is 0.1000. The lowest BCUT2D eigenvalue weighted by atomic mass is 10.1. The van der Waals surface area contributed by atoms with Gasteiger partial charge in [-0.25, -0.2) is 0 Å². The van der Waals surface area contributed by atoms with E-state index in [2.05, 4.69) is 51.4 Å². The van der Waals surface area contributed by atoms with E-state index in [0.29, 0.717) is 12.1 Å². The van der Waals surface area contributed by atoms with Gasteiger partial charge in [-0.3, -0.25) is 4.90 Å². The molecule has 2 rings (SSSR count). The van der Waals surface area contributed by atoms with Crippen LogP contribution in [-0.2, 0) is 6.54 Å². The predicted octanol–water partition coefficient (Wildman–Crippen LogP) is 3.47. The van der Waals surface area contributed by atoms with E-state index in [1.165, 1.54) is 35.3 Å². The van der Waals surface area contributed by atoms with Crippen LogP contribution in [0.5, 0.6) is 0 Å². The maximum atomic E-state index is 3.58. The molecule has 0 aromatic carbocycles. The van der Waals surface area contributed by atoms with Crippen LogP contribution in [0, 0.1) is 0 Å². The number of nitrogens with one attached hydrogen (secondary N) is 1. The SMILES string of the molecule is CC(C)N(Cc1csc(Br)c1)CC1CCCN1. The normalized spacial score (nSPS) is 20.6. The minimum atomic E-state index is 0.607. The van der Waals surface area contributed by atoms with Crippen LogP contribution in [-0.4, -0.2) is 30.1 Å². The van der Waals surface area contributed by atoms with Gasteiger partial charge in [-0.15, -0.1) is 11.3 Å². The summed E-state index contributed by atoms with van der Waals surface area (Å²) in [6.07, 6.45) is 2.66. The van der Waals surface area contributed by atoms with E-state index in [4.69, 9.17) is 0 Å². The van der Waals surface area contributed by atoms with Gasteiger partial charge in [0.2, 0.25) is 0 Å². The van der Waals surface area contributed by atoms with Crippen LogP contribution in [0.25, 0.3) is 0 Å². The van der Waals surface area contributed by atoms with E-state index in [1.54, 1.807) is 11.3 Å². The van der Waals surface area contributed by atoms with Gasteiger partial charge in [0.15, 0.2) is 0 Å². The van der Waals surface area contributed by atoms with E-state index < -0.39 is 0 Å². The molecule has 96 valence electrons. The summed E-state index contributed by atoms with van der Waals surface area (Å²) in [5.41, 5.74) is 1.42. The molecule has 1 saturated heterocycles. The molecule has 1 unspecified atom stereocenters. The van der Waals surface area contributed by atoms with Crippen molar-refractivity contribution in [3.63, 3.8) is 0 Å². The first-order valence-corrected chi connectivity index (χ1v) is 8.03. The first-order chi connectivity index (χ1) is 8.15. The molecule has 17 heavy (non-hydrogen) atoms. The maximum Gasteiger partial charge on any atom is 0.0701 e. The summed E-state index contributed by atoms with van der Waals surface area (Å²) in [5.74, 6) is 0. The third-order valence-electron chi connectivity index (χ3n) is 3.35. The average Bonchev–Trinajstić information content (AvgIpc) is 2.89. The zero-order valence-corrected chi connectivity index (χ0v) is 13.0. The van der Waals surface area contributed by atoms with Crippen molar-refractivity contribution in [2.75, 3.05) is 13.1 Å². The van der Waals surface area contributed by atoms with Crippen LogP contribution >= 0.6 is 27.3 Å². The standard InChI is InChI=1S/C13H21BrN2S/c1-10(2)16(8-12-4-3-5-15-12)7-11-6-13(14)17-9-11/h6,9-10,12,15H,3-5,7-8H2,1-2H3. The summed E-state index contributed by atoms with van der Waals surface area (Å²) < 4.78 is 1.23. The molecule has 1 aromatic heterocycles. The number of hydrogen-bond donors (Lipinski definition) is 1. The summed E-state index contributed by atoms with van der Waals surface area (Å²) >= 11 is 5.31. The first kappa shape index (κ1) is 13.5. The number of thiophene rings is 1. The molecule has 0 amide bonds. The van der Waals surface area contributed by atoms with Gasteiger partial charge in [0.25, 0.3) is 0 Å². The third-order valence-corrected chi connectivity index (χ3v) is 4.91. The van der Waals surface area contributed by atoms with Crippen molar-refractivity contribution in [3.8, 4) is 0 Å². The zero-order chi connectivity index (χ0) is 12.3. The van der Waals surface area contributed by atoms with E-state index in [9.17, 15) is 0 Å². The second kappa shape index (κ2) is 6.32. The summed E-state index contributed by atoms with van der Waals surface area (Å²) in [4.78, 5) is 2.57. The second-order valence-electron chi connectivity index (χ2n) is 5.08. The monoisotopic (exact) mass is 316 g/mol. The molecule has 1 atom stereocenters. The Morgan fingerprint density at radius 2 is 2.41 bits per heavy atom. The van der Waals surface area contributed by atoms with Gasteiger partial charge in [0, 0.05) is 25.2 Å². The average molecular weight is 317 g/mol. The topological polar surface area (TPSA) is 15.3 Å². The van der Waals surface area contributed by atoms with Crippen molar-refractivity contribution in [1.82, 2.24) is 10.2 Å². The van der Waals surface area contributed by atoms with Gasteiger partial charge < -0.3 is 5.32 Å². The van der Waals surface area contributed by atoms with Gasteiger partial charge in [-0.1, -0.05) is 0 Å². The van der Waals surface area contributed by atoms with Crippen LogP contribution in [0.1, 0.15) is 32.3 Å². The zero-order valence-electron chi connectivity index (χ0n) is 10.6. The largest absolute Gasteiger partial charge is 0.313 e. The smallest absolute Gasteiger partial charge is 0.0701 e. The van der Waals surface area contributed by atoms with Crippen LogP contribution < -0.4 is 5.32 Å². The van der Waals surface area contributed by atoms with Crippen molar-refractivity contribution in [2.24, 2.45) is 0 Å². The quantitative estimate of drug-likeness (QED) is 0.894. The number of rotatable bonds is 5. The maximum absolute atomic E-state index is 3.58. The summed E-state index contributed by atoms with van der Waals surface area (Å²) in [6, 6.07) is 3.54. The Morgan fingerprint density at radius 3 is 2.94 bits per heavy atom. The molecule has 4 heteroatoms. The van der Waals surface area contributed by atoms with Crippen molar-refractivity contribution in [1.29, 1.82) is 0 Å². The van der Waals surface area contributed by atoms with E-state index in [0.717, 1.165) is 6.54 Å². The highest BCUT2D eigenvalue weighted by molar-refractivity contribution is 9.11. The minimum absolute atomic E-state index is 0.607. The predicted molar refractivity (Wildman–Crippen MR) is 78.6 cm³/mol. The number of halogens is 1. The molecule has 0 radical (unpaired) electrons. The summed E-state index contributed by atoms with van der Waals surface area (Å²) in [7, 11) is 0. The Bertz CT molecular complexity index is 345. The van der Waals surface area contributed by atoms with Crippen LogP contribution in [0.4, 0.5) is 0 Å². The third kappa shape index (κ3) is 4.05. The van der Waals surface area contributed by atoms with Crippen molar-refractivity contribution in [2.45, 2.75) is 45.3 Å². The van der Waals surface area contributed by atoms with Crippen LogP contribution in [0.15, 0.2) is 15.2 Å². The Labute approximate surface area is 117 Å². The first-order valence-electron chi connectivity index (χ1n) is 6.35. The van der Waals surface area contributed by atoms with Crippen LogP contribution in [0.2, 0.25) is 0 Å². The van der Waals surface area contributed by atoms with Crippen LogP contribution in [0.3, 0.4) is 0 Å². The van der Waals surface area contributed by atoms with Crippen molar-refractivity contribution < 1.29 is 0 Å². The molecule has 0 aliphatic carbocycles. The summed E-state index contributed by atoms with van der Waals surface area (Å²) in [6.45, 7) is 8.01. The van der Waals surface area contributed by atoms with Gasteiger partial charge in [-0.05, 0) is 66.2 Å².